The molecule has 2 atom stereocenters. The van der Waals surface area contributed by atoms with Gasteiger partial charge in [0.15, 0.2) is 0 Å². The van der Waals surface area contributed by atoms with Gasteiger partial charge in [0.1, 0.15) is 0 Å². The normalized spacial score (nSPS) is 32.2. The highest BCUT2D eigenvalue weighted by Gasteiger charge is 2.30. The summed E-state index contributed by atoms with van der Waals surface area (Å²) in [4.78, 5) is 2.06. The van der Waals surface area contributed by atoms with E-state index in [-0.39, 0.29) is 11.4 Å². The molecule has 2 nitrogen and oxygen atoms in total. The predicted molar refractivity (Wildman–Crippen MR) is 47.7 cm³/mol. The van der Waals surface area contributed by atoms with Crippen LogP contribution in [0.4, 0.5) is 0 Å². The molecule has 0 aliphatic carbocycles. The lowest BCUT2D eigenvalue weighted by Crippen LogP contribution is -2.35. The SMILES string of the molecule is C=CC1C(Cl)CCN1[B]OC. The van der Waals surface area contributed by atoms with Crippen molar-refractivity contribution in [3.05, 3.63) is 12.7 Å². The second kappa shape index (κ2) is 4.14. The molecule has 2 unspecified atom stereocenters. The summed E-state index contributed by atoms with van der Waals surface area (Å²) in [7, 11) is 3.34. The van der Waals surface area contributed by atoms with Crippen LogP contribution < -0.4 is 0 Å². The molecule has 0 saturated carbocycles. The van der Waals surface area contributed by atoms with Crippen LogP contribution >= 0.6 is 11.6 Å². The summed E-state index contributed by atoms with van der Waals surface area (Å²) in [6.07, 6.45) is 2.86. The van der Waals surface area contributed by atoms with Crippen molar-refractivity contribution in [2.24, 2.45) is 0 Å². The summed E-state index contributed by atoms with van der Waals surface area (Å²) >= 11 is 6.02. The van der Waals surface area contributed by atoms with E-state index in [1.54, 1.807) is 14.7 Å². The minimum atomic E-state index is 0.180. The standard InChI is InChI=1S/C7H12BClNO/c1-3-7-6(9)4-5-10(7)8-11-2/h3,6-7H,1,4-5H2,2H3. The van der Waals surface area contributed by atoms with Gasteiger partial charge in [-0.2, -0.15) is 0 Å². The van der Waals surface area contributed by atoms with E-state index in [9.17, 15) is 0 Å². The quantitative estimate of drug-likeness (QED) is 0.358. The van der Waals surface area contributed by atoms with E-state index in [4.69, 9.17) is 16.3 Å². The van der Waals surface area contributed by atoms with Crippen LogP contribution in [-0.4, -0.2) is 37.5 Å². The topological polar surface area (TPSA) is 12.5 Å². The lowest BCUT2D eigenvalue weighted by molar-refractivity contribution is 0.348. The Kier molecular flexibility index (Phi) is 3.43. The summed E-state index contributed by atoms with van der Waals surface area (Å²) in [6, 6.07) is 0.233. The zero-order valence-corrected chi connectivity index (χ0v) is 7.42. The summed E-state index contributed by atoms with van der Waals surface area (Å²) in [5.41, 5.74) is 0. The van der Waals surface area contributed by atoms with Crippen LogP contribution in [0.15, 0.2) is 12.7 Å². The monoisotopic (exact) mass is 172 g/mol. The summed E-state index contributed by atoms with van der Waals surface area (Å²) in [5.74, 6) is 0. The van der Waals surface area contributed by atoms with Gasteiger partial charge in [-0.05, 0) is 13.0 Å². The molecule has 0 aromatic heterocycles. The maximum atomic E-state index is 6.02. The number of hydrogen-bond donors (Lipinski definition) is 0. The molecule has 4 heteroatoms. The van der Waals surface area contributed by atoms with E-state index < -0.39 is 0 Å². The molecule has 0 aromatic carbocycles. The third-order valence-electron chi connectivity index (χ3n) is 1.90. The first-order valence-electron chi connectivity index (χ1n) is 3.68. The molecule has 1 fully saturated rings. The zero-order chi connectivity index (χ0) is 8.27. The second-order valence-electron chi connectivity index (χ2n) is 2.61. The molecule has 1 saturated heterocycles. The zero-order valence-electron chi connectivity index (χ0n) is 6.66. The minimum Gasteiger partial charge on any atom is -0.427 e. The Morgan fingerprint density at radius 2 is 2.55 bits per heavy atom. The Morgan fingerprint density at radius 3 is 3.09 bits per heavy atom. The number of nitrogens with zero attached hydrogens (tertiary/aromatic N) is 1. The molecule has 1 radical (unpaired) electrons. The Hall–Kier alpha value is 0.0149. The van der Waals surface area contributed by atoms with E-state index in [1.165, 1.54) is 0 Å². The van der Waals surface area contributed by atoms with E-state index in [0.29, 0.717) is 0 Å². The van der Waals surface area contributed by atoms with Gasteiger partial charge < -0.3 is 9.47 Å². The molecule has 0 N–H and O–H groups in total. The van der Waals surface area contributed by atoms with Gasteiger partial charge in [-0.3, -0.25) is 0 Å². The van der Waals surface area contributed by atoms with Gasteiger partial charge in [-0.25, -0.2) is 0 Å². The number of hydrogen-bond acceptors (Lipinski definition) is 2. The van der Waals surface area contributed by atoms with Crippen LogP contribution in [0.2, 0.25) is 0 Å². The molecule has 1 rings (SSSR count). The smallest absolute Gasteiger partial charge is 0.399 e. The van der Waals surface area contributed by atoms with Crippen molar-refractivity contribution < 1.29 is 4.65 Å². The van der Waals surface area contributed by atoms with Crippen molar-refractivity contribution in [3.8, 4) is 0 Å². The van der Waals surface area contributed by atoms with Gasteiger partial charge in [-0.1, -0.05) is 6.08 Å². The van der Waals surface area contributed by atoms with Gasteiger partial charge in [0.25, 0.3) is 0 Å². The van der Waals surface area contributed by atoms with E-state index in [0.717, 1.165) is 13.0 Å². The van der Waals surface area contributed by atoms with Crippen molar-refractivity contribution in [2.75, 3.05) is 13.7 Å². The Balaban J connectivity index is 2.46. The fourth-order valence-electron chi connectivity index (χ4n) is 1.34. The van der Waals surface area contributed by atoms with Gasteiger partial charge in [0, 0.05) is 13.2 Å². The molecule has 1 heterocycles. The molecule has 1 aliphatic heterocycles. The van der Waals surface area contributed by atoms with Gasteiger partial charge in [-0.15, -0.1) is 18.2 Å². The molecule has 0 spiro atoms. The van der Waals surface area contributed by atoms with E-state index in [2.05, 4.69) is 11.4 Å². The summed E-state index contributed by atoms with van der Waals surface area (Å²) in [6.45, 7) is 4.68. The van der Waals surface area contributed by atoms with Crippen LogP contribution in [0.3, 0.4) is 0 Å². The molecule has 0 bridgehead atoms. The van der Waals surface area contributed by atoms with E-state index in [1.807, 2.05) is 6.08 Å². The lowest BCUT2D eigenvalue weighted by Gasteiger charge is -2.20. The van der Waals surface area contributed by atoms with E-state index >= 15 is 0 Å². The first-order valence-corrected chi connectivity index (χ1v) is 4.11. The maximum absolute atomic E-state index is 6.02. The van der Waals surface area contributed by atoms with Gasteiger partial charge >= 0.3 is 7.62 Å². The number of halogens is 1. The maximum Gasteiger partial charge on any atom is 0.399 e. The minimum absolute atomic E-state index is 0.180. The van der Waals surface area contributed by atoms with Crippen LogP contribution in [0.25, 0.3) is 0 Å². The van der Waals surface area contributed by atoms with Crippen molar-refractivity contribution in [1.29, 1.82) is 0 Å². The molecule has 0 aromatic rings. The summed E-state index contributed by atoms with van der Waals surface area (Å²) in [5, 5.41) is 0.180. The average Bonchev–Trinajstić information content (AvgIpc) is 2.33. The Labute approximate surface area is 73.5 Å². The fourth-order valence-corrected chi connectivity index (χ4v) is 1.69. The second-order valence-corrected chi connectivity index (χ2v) is 3.17. The van der Waals surface area contributed by atoms with Crippen molar-refractivity contribution in [3.63, 3.8) is 0 Å². The third-order valence-corrected chi connectivity index (χ3v) is 2.38. The first kappa shape index (κ1) is 9.11. The van der Waals surface area contributed by atoms with Crippen LogP contribution in [0.5, 0.6) is 0 Å². The largest absolute Gasteiger partial charge is 0.427 e. The molecule has 0 amide bonds. The van der Waals surface area contributed by atoms with Crippen LogP contribution in [0, 0.1) is 0 Å². The molecule has 61 valence electrons. The van der Waals surface area contributed by atoms with Crippen molar-refractivity contribution >= 4 is 19.2 Å². The lowest BCUT2D eigenvalue weighted by atomic mass is 10.1. The fraction of sp³-hybridized carbons (Fsp3) is 0.714. The highest BCUT2D eigenvalue weighted by Crippen LogP contribution is 2.22. The third kappa shape index (κ3) is 1.98. The number of alkyl halides is 1. The summed E-state index contributed by atoms with van der Waals surface area (Å²) < 4.78 is 4.90. The molecular formula is C7H12BClNO. The van der Waals surface area contributed by atoms with Crippen LogP contribution in [0.1, 0.15) is 6.42 Å². The molecular weight excluding hydrogens is 160 g/mol. The van der Waals surface area contributed by atoms with Crippen molar-refractivity contribution in [2.45, 2.75) is 17.8 Å². The Morgan fingerprint density at radius 1 is 1.82 bits per heavy atom. The average molecular weight is 172 g/mol. The highest BCUT2D eigenvalue weighted by molar-refractivity contribution is 6.26. The van der Waals surface area contributed by atoms with Crippen LogP contribution in [-0.2, 0) is 4.65 Å². The predicted octanol–water partition coefficient (Wildman–Crippen LogP) is 1.03. The highest BCUT2D eigenvalue weighted by atomic mass is 35.5. The molecule has 11 heavy (non-hydrogen) atoms. The molecule has 1 aliphatic rings. The number of rotatable bonds is 3. The Bertz CT molecular complexity index is 142. The first-order chi connectivity index (χ1) is 5.29. The van der Waals surface area contributed by atoms with Crippen molar-refractivity contribution in [1.82, 2.24) is 4.81 Å². The van der Waals surface area contributed by atoms with Gasteiger partial charge in [0.2, 0.25) is 0 Å². The van der Waals surface area contributed by atoms with Gasteiger partial charge in [0.05, 0.1) is 5.38 Å².